The molecule has 3 nitrogen and oxygen atoms in total. The van der Waals surface area contributed by atoms with E-state index in [1.165, 1.54) is 0 Å². The van der Waals surface area contributed by atoms with Crippen LogP contribution in [0, 0.1) is 0 Å². The van der Waals surface area contributed by atoms with Crippen molar-refractivity contribution in [3.05, 3.63) is 96.1 Å². The van der Waals surface area contributed by atoms with Crippen LogP contribution >= 0.6 is 0 Å². The van der Waals surface area contributed by atoms with Crippen molar-refractivity contribution in [3.63, 3.8) is 0 Å². The minimum absolute atomic E-state index is 0.121. The fourth-order valence-corrected chi connectivity index (χ4v) is 2.88. The highest BCUT2D eigenvalue weighted by Gasteiger charge is 2.16. The van der Waals surface area contributed by atoms with Crippen LogP contribution in [-0.2, 0) is 17.8 Å². The Morgan fingerprint density at radius 3 is 2.04 bits per heavy atom. The Bertz CT molecular complexity index is 814. The first-order chi connectivity index (χ1) is 12.8. The summed E-state index contributed by atoms with van der Waals surface area (Å²) in [6.45, 7) is 0.576. The molecule has 3 heteroatoms. The highest BCUT2D eigenvalue weighted by Crippen LogP contribution is 2.19. The maximum absolute atomic E-state index is 12.9. The van der Waals surface area contributed by atoms with Crippen LogP contribution in [0.1, 0.15) is 17.5 Å². The first-order valence-corrected chi connectivity index (χ1v) is 8.78. The lowest BCUT2D eigenvalue weighted by Gasteiger charge is -2.23. The Hall–Kier alpha value is -3.07. The van der Waals surface area contributed by atoms with Crippen LogP contribution in [0.15, 0.2) is 84.9 Å². The van der Waals surface area contributed by atoms with Gasteiger partial charge in [0.25, 0.3) is 0 Å². The zero-order chi connectivity index (χ0) is 18.2. The summed E-state index contributed by atoms with van der Waals surface area (Å²) in [4.78, 5) is 14.8. The van der Waals surface area contributed by atoms with Crippen molar-refractivity contribution in [3.8, 4) is 5.75 Å². The van der Waals surface area contributed by atoms with Crippen LogP contribution in [0.4, 0.5) is 5.69 Å². The van der Waals surface area contributed by atoms with E-state index in [2.05, 4.69) is 0 Å². The zero-order valence-electron chi connectivity index (χ0n) is 15.0. The second-order valence-electron chi connectivity index (χ2n) is 6.15. The molecule has 0 fully saturated rings. The van der Waals surface area contributed by atoms with Crippen molar-refractivity contribution in [1.29, 1.82) is 0 Å². The molecule has 0 N–H and O–H groups in total. The van der Waals surface area contributed by atoms with Gasteiger partial charge in [-0.3, -0.25) is 4.79 Å². The van der Waals surface area contributed by atoms with Gasteiger partial charge in [0.15, 0.2) is 0 Å². The average molecular weight is 345 g/mol. The summed E-state index contributed by atoms with van der Waals surface area (Å²) in [5, 5.41) is 0. The number of amides is 1. The lowest BCUT2D eigenvalue weighted by atomic mass is 10.1. The predicted molar refractivity (Wildman–Crippen MR) is 105 cm³/mol. The smallest absolute Gasteiger partial charge is 0.227 e. The van der Waals surface area contributed by atoms with Crippen molar-refractivity contribution in [2.24, 2.45) is 0 Å². The number of para-hydroxylation sites is 1. The summed E-state index contributed by atoms with van der Waals surface area (Å²) in [5.41, 5.74) is 3.18. The second-order valence-corrected chi connectivity index (χ2v) is 6.15. The Labute approximate surface area is 154 Å². The third-order valence-corrected chi connectivity index (χ3v) is 4.34. The van der Waals surface area contributed by atoms with E-state index in [0.717, 1.165) is 22.6 Å². The number of aryl methyl sites for hydroxylation is 1. The third kappa shape index (κ3) is 4.73. The van der Waals surface area contributed by atoms with Crippen LogP contribution in [0.2, 0.25) is 0 Å². The second kappa shape index (κ2) is 8.86. The number of anilines is 1. The molecule has 3 aromatic carbocycles. The third-order valence-electron chi connectivity index (χ3n) is 4.34. The number of nitrogens with zero attached hydrogens (tertiary/aromatic N) is 1. The number of ether oxygens (including phenoxy) is 1. The Morgan fingerprint density at radius 1 is 0.808 bits per heavy atom. The van der Waals surface area contributed by atoms with E-state index in [9.17, 15) is 4.79 Å². The van der Waals surface area contributed by atoms with Gasteiger partial charge in [0.05, 0.1) is 13.7 Å². The van der Waals surface area contributed by atoms with Gasteiger partial charge in [-0.05, 0) is 41.8 Å². The molecule has 132 valence electrons. The molecule has 0 spiro atoms. The minimum atomic E-state index is 0.121. The molecule has 0 atom stereocenters. The molecule has 0 unspecified atom stereocenters. The summed E-state index contributed by atoms with van der Waals surface area (Å²) < 4.78 is 5.18. The zero-order valence-corrected chi connectivity index (χ0v) is 15.0. The molecule has 3 rings (SSSR count). The van der Waals surface area contributed by atoms with E-state index in [-0.39, 0.29) is 5.91 Å². The number of methoxy groups -OCH3 is 1. The Morgan fingerprint density at radius 2 is 1.42 bits per heavy atom. The molecule has 0 aromatic heterocycles. The monoisotopic (exact) mass is 345 g/mol. The summed E-state index contributed by atoms with van der Waals surface area (Å²) in [7, 11) is 1.65. The SMILES string of the molecule is COc1ccc(CCC(=O)N(Cc2ccccc2)c2ccccc2)cc1. The van der Waals surface area contributed by atoms with Crippen LogP contribution in [0.25, 0.3) is 0 Å². The number of benzene rings is 3. The first-order valence-electron chi connectivity index (χ1n) is 8.78. The van der Waals surface area contributed by atoms with Gasteiger partial charge in [0, 0.05) is 12.1 Å². The summed E-state index contributed by atoms with van der Waals surface area (Å²) in [6.07, 6.45) is 1.18. The quantitative estimate of drug-likeness (QED) is 0.612. The highest BCUT2D eigenvalue weighted by atomic mass is 16.5. The number of hydrogen-bond donors (Lipinski definition) is 0. The number of carbonyl (C=O) groups excluding carboxylic acids is 1. The molecule has 3 aromatic rings. The van der Waals surface area contributed by atoms with Gasteiger partial charge in [0.1, 0.15) is 5.75 Å². The van der Waals surface area contributed by atoms with Gasteiger partial charge in [-0.25, -0.2) is 0 Å². The lowest BCUT2D eigenvalue weighted by Crippen LogP contribution is -2.30. The fraction of sp³-hybridized carbons (Fsp3) is 0.174. The topological polar surface area (TPSA) is 29.5 Å². The van der Waals surface area contributed by atoms with Crippen LogP contribution in [-0.4, -0.2) is 13.0 Å². The molecule has 0 heterocycles. The van der Waals surface area contributed by atoms with Crippen molar-refractivity contribution in [2.45, 2.75) is 19.4 Å². The minimum Gasteiger partial charge on any atom is -0.497 e. The molecule has 1 amide bonds. The molecule has 0 aliphatic heterocycles. The molecule has 0 saturated heterocycles. The lowest BCUT2D eigenvalue weighted by molar-refractivity contribution is -0.118. The number of rotatable bonds is 7. The van der Waals surface area contributed by atoms with Gasteiger partial charge < -0.3 is 9.64 Å². The van der Waals surface area contributed by atoms with E-state index >= 15 is 0 Å². The van der Waals surface area contributed by atoms with Gasteiger partial charge in [-0.2, -0.15) is 0 Å². The molecule has 26 heavy (non-hydrogen) atoms. The van der Waals surface area contributed by atoms with E-state index < -0.39 is 0 Å². The van der Waals surface area contributed by atoms with Crippen molar-refractivity contribution in [2.75, 3.05) is 12.0 Å². The standard InChI is InChI=1S/C23H23NO2/c1-26-22-15-12-19(13-16-22)14-17-23(25)24(21-10-6-3-7-11-21)18-20-8-4-2-5-9-20/h2-13,15-16H,14,17-18H2,1H3. The predicted octanol–water partition coefficient (Wildman–Crippen LogP) is 4.86. The van der Waals surface area contributed by atoms with Gasteiger partial charge in [-0.1, -0.05) is 60.7 Å². The molecular weight excluding hydrogens is 322 g/mol. The summed E-state index contributed by atoms with van der Waals surface area (Å²) in [5.74, 6) is 0.950. The van der Waals surface area contributed by atoms with Crippen LogP contribution < -0.4 is 9.64 Å². The largest absolute Gasteiger partial charge is 0.497 e. The number of carbonyl (C=O) groups is 1. The van der Waals surface area contributed by atoms with Gasteiger partial charge >= 0.3 is 0 Å². The van der Waals surface area contributed by atoms with E-state index in [1.807, 2.05) is 89.8 Å². The molecule has 0 aliphatic rings. The fourth-order valence-electron chi connectivity index (χ4n) is 2.88. The molecule has 0 radical (unpaired) electrons. The van der Waals surface area contributed by atoms with E-state index in [1.54, 1.807) is 7.11 Å². The van der Waals surface area contributed by atoms with Crippen LogP contribution in [0.3, 0.4) is 0 Å². The van der Waals surface area contributed by atoms with Crippen molar-refractivity contribution in [1.82, 2.24) is 0 Å². The van der Waals surface area contributed by atoms with Gasteiger partial charge in [-0.15, -0.1) is 0 Å². The summed E-state index contributed by atoms with van der Waals surface area (Å²) in [6, 6.07) is 27.8. The summed E-state index contributed by atoms with van der Waals surface area (Å²) >= 11 is 0. The molecule has 0 bridgehead atoms. The first kappa shape index (κ1) is 17.7. The average Bonchev–Trinajstić information content (AvgIpc) is 2.72. The molecular formula is C23H23NO2. The van der Waals surface area contributed by atoms with Crippen molar-refractivity contribution >= 4 is 11.6 Å². The maximum Gasteiger partial charge on any atom is 0.227 e. The molecule has 0 aliphatic carbocycles. The number of hydrogen-bond acceptors (Lipinski definition) is 2. The normalized spacial score (nSPS) is 10.3. The van der Waals surface area contributed by atoms with Crippen LogP contribution in [0.5, 0.6) is 5.75 Å². The highest BCUT2D eigenvalue weighted by molar-refractivity contribution is 5.93. The van der Waals surface area contributed by atoms with E-state index in [4.69, 9.17) is 4.74 Å². The van der Waals surface area contributed by atoms with Gasteiger partial charge in [0.2, 0.25) is 5.91 Å². The van der Waals surface area contributed by atoms with Crippen molar-refractivity contribution < 1.29 is 9.53 Å². The Balaban J connectivity index is 1.71. The van der Waals surface area contributed by atoms with E-state index in [0.29, 0.717) is 19.4 Å². The Kier molecular flexibility index (Phi) is 6.05. The molecule has 0 saturated carbocycles. The maximum atomic E-state index is 12.9.